The van der Waals surface area contributed by atoms with Gasteiger partial charge >= 0.3 is 0 Å². The second-order valence-electron chi connectivity index (χ2n) is 2.91. The highest BCUT2D eigenvalue weighted by atomic mass is 35.5. The Kier molecular flexibility index (Phi) is 4.06. The Morgan fingerprint density at radius 1 is 1.46 bits per heavy atom. The van der Waals surface area contributed by atoms with E-state index >= 15 is 0 Å². The van der Waals surface area contributed by atoms with E-state index in [9.17, 15) is 0 Å². The van der Waals surface area contributed by atoms with E-state index in [0.717, 1.165) is 6.42 Å². The van der Waals surface area contributed by atoms with Crippen molar-refractivity contribution in [2.24, 2.45) is 5.73 Å². The van der Waals surface area contributed by atoms with Crippen molar-refractivity contribution >= 4 is 11.6 Å². The number of hydrogen-bond acceptors (Lipinski definition) is 2. The summed E-state index contributed by atoms with van der Waals surface area (Å²) in [7, 11) is 0. The molecule has 1 atom stereocenters. The number of nitrogens with two attached hydrogens (primary N) is 1. The zero-order chi connectivity index (χ0) is 9.68. The summed E-state index contributed by atoms with van der Waals surface area (Å²) in [4.78, 5) is 0. The van der Waals surface area contributed by atoms with Crippen LogP contribution in [0.15, 0.2) is 24.3 Å². The van der Waals surface area contributed by atoms with Gasteiger partial charge in [-0.2, -0.15) is 0 Å². The monoisotopic (exact) mass is 199 g/mol. The summed E-state index contributed by atoms with van der Waals surface area (Å²) in [5.41, 5.74) is 5.70. The van der Waals surface area contributed by atoms with Crippen molar-refractivity contribution in [3.8, 4) is 5.75 Å². The van der Waals surface area contributed by atoms with Crippen LogP contribution < -0.4 is 10.5 Å². The molecule has 1 aromatic rings. The molecule has 2 N–H and O–H groups in total. The Hall–Kier alpha value is -0.730. The van der Waals surface area contributed by atoms with Crippen LogP contribution >= 0.6 is 11.6 Å². The van der Waals surface area contributed by atoms with Gasteiger partial charge in [-0.15, -0.1) is 0 Å². The van der Waals surface area contributed by atoms with Crippen molar-refractivity contribution in [3.63, 3.8) is 0 Å². The van der Waals surface area contributed by atoms with Gasteiger partial charge in [0.15, 0.2) is 0 Å². The van der Waals surface area contributed by atoms with Crippen LogP contribution in [0.4, 0.5) is 0 Å². The van der Waals surface area contributed by atoms with Crippen molar-refractivity contribution in [1.29, 1.82) is 0 Å². The lowest BCUT2D eigenvalue weighted by atomic mass is 10.2. The van der Waals surface area contributed by atoms with Crippen LogP contribution in [-0.4, -0.2) is 12.6 Å². The summed E-state index contributed by atoms with van der Waals surface area (Å²) >= 11 is 5.89. The lowest BCUT2D eigenvalue weighted by Gasteiger charge is -2.11. The standard InChI is InChI=1S/C10H14ClNO/c1-2-8(12)7-13-10-6-4-3-5-9(10)11/h3-6,8H,2,7,12H2,1H3/t8-/m1/s1. The number of para-hydroxylation sites is 1. The molecule has 0 aromatic heterocycles. The van der Waals surface area contributed by atoms with E-state index in [1.165, 1.54) is 0 Å². The minimum atomic E-state index is 0.0799. The third kappa shape index (κ3) is 3.25. The van der Waals surface area contributed by atoms with Gasteiger partial charge in [-0.25, -0.2) is 0 Å². The van der Waals surface area contributed by atoms with E-state index in [4.69, 9.17) is 22.1 Å². The van der Waals surface area contributed by atoms with Crippen LogP contribution in [0.25, 0.3) is 0 Å². The zero-order valence-corrected chi connectivity index (χ0v) is 8.42. The van der Waals surface area contributed by atoms with E-state index in [0.29, 0.717) is 17.4 Å². The van der Waals surface area contributed by atoms with Gasteiger partial charge in [0.25, 0.3) is 0 Å². The molecule has 0 unspecified atom stereocenters. The predicted molar refractivity (Wildman–Crippen MR) is 55.2 cm³/mol. The van der Waals surface area contributed by atoms with Gasteiger partial charge in [-0.3, -0.25) is 0 Å². The SMILES string of the molecule is CC[C@@H](N)COc1ccccc1Cl. The van der Waals surface area contributed by atoms with Crippen LogP contribution in [0.2, 0.25) is 5.02 Å². The molecular formula is C10H14ClNO. The minimum Gasteiger partial charge on any atom is -0.490 e. The first-order valence-electron chi connectivity index (χ1n) is 4.37. The molecule has 0 saturated heterocycles. The molecule has 0 spiro atoms. The van der Waals surface area contributed by atoms with Crippen LogP contribution in [-0.2, 0) is 0 Å². The first kappa shape index (κ1) is 10.4. The first-order chi connectivity index (χ1) is 6.24. The average molecular weight is 200 g/mol. The molecule has 0 aliphatic rings. The quantitative estimate of drug-likeness (QED) is 0.809. The summed E-state index contributed by atoms with van der Waals surface area (Å²) in [5.74, 6) is 0.702. The Labute approximate surface area is 83.6 Å². The summed E-state index contributed by atoms with van der Waals surface area (Å²) < 4.78 is 5.43. The third-order valence-corrected chi connectivity index (χ3v) is 2.13. The number of ether oxygens (including phenoxy) is 1. The topological polar surface area (TPSA) is 35.2 Å². The number of benzene rings is 1. The molecular weight excluding hydrogens is 186 g/mol. The second-order valence-corrected chi connectivity index (χ2v) is 3.32. The van der Waals surface area contributed by atoms with Crippen molar-refractivity contribution in [2.75, 3.05) is 6.61 Å². The fourth-order valence-electron chi connectivity index (χ4n) is 0.876. The van der Waals surface area contributed by atoms with Gasteiger partial charge in [-0.05, 0) is 18.6 Å². The molecule has 13 heavy (non-hydrogen) atoms. The lowest BCUT2D eigenvalue weighted by Crippen LogP contribution is -2.26. The van der Waals surface area contributed by atoms with Gasteiger partial charge in [0.2, 0.25) is 0 Å². The normalized spacial score (nSPS) is 12.5. The van der Waals surface area contributed by atoms with Crippen molar-refractivity contribution in [2.45, 2.75) is 19.4 Å². The summed E-state index contributed by atoms with van der Waals surface area (Å²) in [6.07, 6.45) is 0.907. The van der Waals surface area contributed by atoms with E-state index in [2.05, 4.69) is 0 Å². The van der Waals surface area contributed by atoms with E-state index < -0.39 is 0 Å². The van der Waals surface area contributed by atoms with E-state index in [1.807, 2.05) is 25.1 Å². The van der Waals surface area contributed by atoms with Crippen molar-refractivity contribution in [1.82, 2.24) is 0 Å². The lowest BCUT2D eigenvalue weighted by molar-refractivity contribution is 0.285. The second kappa shape index (κ2) is 5.10. The van der Waals surface area contributed by atoms with Crippen LogP contribution in [0.3, 0.4) is 0 Å². The van der Waals surface area contributed by atoms with E-state index in [-0.39, 0.29) is 6.04 Å². The Bertz CT molecular complexity index is 265. The minimum absolute atomic E-state index is 0.0799. The third-order valence-electron chi connectivity index (χ3n) is 1.81. The highest BCUT2D eigenvalue weighted by Gasteiger charge is 2.02. The number of rotatable bonds is 4. The molecule has 0 fully saturated rings. The summed E-state index contributed by atoms with van der Waals surface area (Å²) in [6, 6.07) is 7.48. The number of halogens is 1. The molecule has 72 valence electrons. The molecule has 0 heterocycles. The van der Waals surface area contributed by atoms with Gasteiger partial charge in [0, 0.05) is 6.04 Å². The first-order valence-corrected chi connectivity index (χ1v) is 4.74. The highest BCUT2D eigenvalue weighted by molar-refractivity contribution is 6.32. The molecule has 1 rings (SSSR count). The average Bonchev–Trinajstić information content (AvgIpc) is 2.16. The Morgan fingerprint density at radius 2 is 2.15 bits per heavy atom. The number of hydrogen-bond donors (Lipinski definition) is 1. The van der Waals surface area contributed by atoms with Crippen molar-refractivity contribution in [3.05, 3.63) is 29.3 Å². The maximum atomic E-state index is 5.89. The molecule has 3 heteroatoms. The molecule has 0 aliphatic heterocycles. The van der Waals surface area contributed by atoms with Gasteiger partial charge in [-0.1, -0.05) is 30.7 Å². The van der Waals surface area contributed by atoms with E-state index in [1.54, 1.807) is 6.07 Å². The molecule has 0 aliphatic carbocycles. The predicted octanol–water partition coefficient (Wildman–Crippen LogP) is 2.46. The Balaban J connectivity index is 2.50. The fourth-order valence-corrected chi connectivity index (χ4v) is 1.07. The molecule has 0 bridgehead atoms. The summed E-state index contributed by atoms with van der Waals surface area (Å²) in [5, 5.41) is 0.630. The van der Waals surface area contributed by atoms with Crippen LogP contribution in [0.5, 0.6) is 5.75 Å². The maximum Gasteiger partial charge on any atom is 0.137 e. The smallest absolute Gasteiger partial charge is 0.137 e. The molecule has 0 radical (unpaired) electrons. The maximum absolute atomic E-state index is 5.89. The fraction of sp³-hybridized carbons (Fsp3) is 0.400. The largest absolute Gasteiger partial charge is 0.490 e. The zero-order valence-electron chi connectivity index (χ0n) is 7.66. The highest BCUT2D eigenvalue weighted by Crippen LogP contribution is 2.22. The molecule has 1 aromatic carbocycles. The summed E-state index contributed by atoms with van der Waals surface area (Å²) in [6.45, 7) is 2.54. The molecule has 2 nitrogen and oxygen atoms in total. The van der Waals surface area contributed by atoms with Crippen molar-refractivity contribution < 1.29 is 4.74 Å². The van der Waals surface area contributed by atoms with Gasteiger partial charge < -0.3 is 10.5 Å². The van der Waals surface area contributed by atoms with Crippen LogP contribution in [0, 0.1) is 0 Å². The van der Waals surface area contributed by atoms with Crippen LogP contribution in [0.1, 0.15) is 13.3 Å². The van der Waals surface area contributed by atoms with Gasteiger partial charge in [0.05, 0.1) is 5.02 Å². The van der Waals surface area contributed by atoms with Gasteiger partial charge in [0.1, 0.15) is 12.4 Å². The molecule has 0 saturated carbocycles. The Morgan fingerprint density at radius 3 is 2.77 bits per heavy atom. The molecule has 0 amide bonds.